The highest BCUT2D eigenvalue weighted by Crippen LogP contribution is 2.25. The van der Waals surface area contributed by atoms with Crippen molar-refractivity contribution in [3.63, 3.8) is 0 Å². The van der Waals surface area contributed by atoms with E-state index < -0.39 is 23.6 Å². The van der Waals surface area contributed by atoms with Gasteiger partial charge in [-0.15, -0.1) is 0 Å². The van der Waals surface area contributed by atoms with Gasteiger partial charge >= 0.3 is 0 Å². The van der Waals surface area contributed by atoms with Gasteiger partial charge in [0, 0.05) is 25.0 Å². The minimum Gasteiger partial charge on any atom is -0.367 e. The molecule has 0 saturated heterocycles. The third-order valence-corrected chi connectivity index (χ3v) is 4.50. The Kier molecular flexibility index (Phi) is 5.18. The molecule has 9 heteroatoms. The number of carbonyl (C=O) groups excluding carboxylic acids is 3. The second-order valence-corrected chi connectivity index (χ2v) is 6.26. The molecule has 3 rings (SSSR count). The standard InChI is InChI=1S/C17H15N5O3S/c18-16(24)14(23)13(7-10-4-6-19-8-10)22-17(25)11-9-21-26-15(11)12-3-1-2-5-20-12/h1-6,8-9,13,19H,7H2,(H2,18,24)(H,22,25). The average molecular weight is 369 g/mol. The van der Waals surface area contributed by atoms with Gasteiger partial charge in [-0.25, -0.2) is 0 Å². The van der Waals surface area contributed by atoms with Crippen LogP contribution in [0, 0.1) is 0 Å². The highest BCUT2D eigenvalue weighted by Gasteiger charge is 2.27. The van der Waals surface area contributed by atoms with Gasteiger partial charge in [0.25, 0.3) is 11.8 Å². The Hall–Kier alpha value is -3.33. The van der Waals surface area contributed by atoms with Gasteiger partial charge < -0.3 is 16.0 Å². The smallest absolute Gasteiger partial charge is 0.287 e. The number of primary amides is 1. The molecular formula is C17H15N5O3S. The maximum Gasteiger partial charge on any atom is 0.287 e. The van der Waals surface area contributed by atoms with E-state index in [1.54, 1.807) is 42.9 Å². The van der Waals surface area contributed by atoms with Crippen LogP contribution in [0.1, 0.15) is 15.9 Å². The molecule has 8 nitrogen and oxygen atoms in total. The first-order valence-electron chi connectivity index (χ1n) is 7.68. The molecule has 0 radical (unpaired) electrons. The first-order chi connectivity index (χ1) is 12.6. The van der Waals surface area contributed by atoms with Crippen LogP contribution >= 0.6 is 11.5 Å². The van der Waals surface area contributed by atoms with Gasteiger partial charge in [-0.1, -0.05) is 6.07 Å². The summed E-state index contributed by atoms with van der Waals surface area (Å²) in [5, 5.41) is 2.58. The minimum absolute atomic E-state index is 0.146. The number of Topliss-reactive ketones (excluding diaryl/α,β-unsaturated/α-hetero) is 1. The van der Waals surface area contributed by atoms with Gasteiger partial charge in [0.1, 0.15) is 6.04 Å². The molecule has 0 saturated carbocycles. The summed E-state index contributed by atoms with van der Waals surface area (Å²) in [5.74, 6) is -2.48. The molecule has 3 aromatic heterocycles. The van der Waals surface area contributed by atoms with Crippen molar-refractivity contribution < 1.29 is 14.4 Å². The first-order valence-corrected chi connectivity index (χ1v) is 8.46. The lowest BCUT2D eigenvalue weighted by molar-refractivity contribution is -0.137. The zero-order valence-corrected chi connectivity index (χ0v) is 14.3. The lowest BCUT2D eigenvalue weighted by Crippen LogP contribution is -2.47. The van der Waals surface area contributed by atoms with Crippen LogP contribution in [0.2, 0.25) is 0 Å². The molecule has 132 valence electrons. The highest BCUT2D eigenvalue weighted by atomic mass is 32.1. The van der Waals surface area contributed by atoms with Crippen molar-refractivity contribution in [1.82, 2.24) is 19.7 Å². The summed E-state index contributed by atoms with van der Waals surface area (Å²) in [6, 6.07) is 6.01. The van der Waals surface area contributed by atoms with Crippen molar-refractivity contribution in [3.8, 4) is 10.6 Å². The van der Waals surface area contributed by atoms with Crippen LogP contribution < -0.4 is 11.1 Å². The largest absolute Gasteiger partial charge is 0.367 e. The number of carbonyl (C=O) groups is 3. The third kappa shape index (κ3) is 3.83. The number of pyridine rings is 1. The Labute approximate surface area is 152 Å². The fraction of sp³-hybridized carbons (Fsp3) is 0.118. The van der Waals surface area contributed by atoms with E-state index in [1.165, 1.54) is 6.20 Å². The predicted molar refractivity (Wildman–Crippen MR) is 95.3 cm³/mol. The monoisotopic (exact) mass is 369 g/mol. The number of nitrogens with one attached hydrogen (secondary N) is 2. The number of rotatable bonds is 7. The van der Waals surface area contributed by atoms with Gasteiger partial charge in [-0.3, -0.25) is 19.4 Å². The Balaban J connectivity index is 1.83. The van der Waals surface area contributed by atoms with Gasteiger partial charge in [0.05, 0.1) is 22.3 Å². The molecule has 0 aliphatic heterocycles. The molecule has 3 heterocycles. The summed E-state index contributed by atoms with van der Waals surface area (Å²) in [5.41, 5.74) is 6.76. The Morgan fingerprint density at radius 2 is 2.12 bits per heavy atom. The van der Waals surface area contributed by atoms with E-state index in [-0.39, 0.29) is 12.0 Å². The SMILES string of the molecule is NC(=O)C(=O)C(Cc1cc[nH]c1)NC(=O)c1cnsc1-c1ccccn1. The summed E-state index contributed by atoms with van der Waals surface area (Å²) in [4.78, 5) is 43.8. The molecule has 26 heavy (non-hydrogen) atoms. The number of nitrogens with zero attached hydrogens (tertiary/aromatic N) is 2. The van der Waals surface area contributed by atoms with Crippen LogP contribution in [0.4, 0.5) is 0 Å². The zero-order chi connectivity index (χ0) is 18.5. The number of hydrogen-bond acceptors (Lipinski definition) is 6. The summed E-state index contributed by atoms with van der Waals surface area (Å²) < 4.78 is 4.04. The summed E-state index contributed by atoms with van der Waals surface area (Å²) in [6.07, 6.45) is 6.53. The Bertz CT molecular complexity index is 921. The molecule has 2 amide bonds. The van der Waals surface area contributed by atoms with E-state index in [1.807, 2.05) is 0 Å². The Morgan fingerprint density at radius 1 is 1.27 bits per heavy atom. The van der Waals surface area contributed by atoms with Crippen molar-refractivity contribution in [2.24, 2.45) is 5.73 Å². The molecule has 0 fully saturated rings. The van der Waals surface area contributed by atoms with Crippen LogP contribution in [0.25, 0.3) is 10.6 Å². The molecule has 0 spiro atoms. The molecule has 1 unspecified atom stereocenters. The van der Waals surface area contributed by atoms with Gasteiger partial charge in [0.15, 0.2) is 0 Å². The number of hydrogen-bond donors (Lipinski definition) is 3. The number of nitrogens with two attached hydrogens (primary N) is 1. The fourth-order valence-electron chi connectivity index (χ4n) is 2.42. The predicted octanol–water partition coefficient (Wildman–Crippen LogP) is 0.929. The first kappa shape index (κ1) is 17.5. The summed E-state index contributed by atoms with van der Waals surface area (Å²) in [6.45, 7) is 0. The van der Waals surface area contributed by atoms with Crippen LogP contribution in [-0.2, 0) is 16.0 Å². The quantitative estimate of drug-likeness (QED) is 0.533. The summed E-state index contributed by atoms with van der Waals surface area (Å²) in [7, 11) is 0. The Morgan fingerprint density at radius 3 is 2.77 bits per heavy atom. The zero-order valence-electron chi connectivity index (χ0n) is 13.5. The van der Waals surface area contributed by atoms with Crippen molar-refractivity contribution >= 4 is 29.1 Å². The van der Waals surface area contributed by atoms with Crippen molar-refractivity contribution in [3.05, 3.63) is 60.2 Å². The molecular weight excluding hydrogens is 354 g/mol. The third-order valence-electron chi connectivity index (χ3n) is 3.68. The van der Waals surface area contributed by atoms with Crippen molar-refractivity contribution in [2.45, 2.75) is 12.5 Å². The van der Waals surface area contributed by atoms with Crippen LogP contribution in [0.15, 0.2) is 49.1 Å². The number of amides is 2. The van der Waals surface area contributed by atoms with Gasteiger partial charge in [-0.05, 0) is 35.3 Å². The van der Waals surface area contributed by atoms with E-state index in [2.05, 4.69) is 19.7 Å². The number of H-pyrrole nitrogens is 1. The second-order valence-electron chi connectivity index (χ2n) is 5.46. The van der Waals surface area contributed by atoms with E-state index in [4.69, 9.17) is 5.73 Å². The van der Waals surface area contributed by atoms with Crippen LogP contribution in [0.5, 0.6) is 0 Å². The van der Waals surface area contributed by atoms with Crippen molar-refractivity contribution in [1.29, 1.82) is 0 Å². The van der Waals surface area contributed by atoms with Gasteiger partial charge in [-0.2, -0.15) is 4.37 Å². The fourth-order valence-corrected chi connectivity index (χ4v) is 3.14. The maximum atomic E-state index is 12.7. The highest BCUT2D eigenvalue weighted by molar-refractivity contribution is 7.10. The normalized spacial score (nSPS) is 11.7. The number of aromatic nitrogens is 3. The van der Waals surface area contributed by atoms with Crippen LogP contribution in [0.3, 0.4) is 0 Å². The van der Waals surface area contributed by atoms with E-state index in [0.29, 0.717) is 10.6 Å². The number of aromatic amines is 1. The lowest BCUT2D eigenvalue weighted by atomic mass is 10.0. The molecule has 0 aliphatic carbocycles. The number of ketones is 1. The van der Waals surface area contributed by atoms with Gasteiger partial charge in [0.2, 0.25) is 5.78 Å². The average Bonchev–Trinajstić information content (AvgIpc) is 3.32. The minimum atomic E-state index is -1.10. The summed E-state index contributed by atoms with van der Waals surface area (Å²) >= 11 is 1.12. The molecule has 3 aromatic rings. The molecule has 4 N–H and O–H groups in total. The topological polar surface area (TPSA) is 131 Å². The van der Waals surface area contributed by atoms with E-state index >= 15 is 0 Å². The van der Waals surface area contributed by atoms with Crippen LogP contribution in [-0.4, -0.2) is 38.0 Å². The van der Waals surface area contributed by atoms with E-state index in [9.17, 15) is 14.4 Å². The molecule has 1 atom stereocenters. The maximum absolute atomic E-state index is 12.7. The molecule has 0 bridgehead atoms. The van der Waals surface area contributed by atoms with Crippen molar-refractivity contribution in [2.75, 3.05) is 0 Å². The second kappa shape index (κ2) is 7.70. The molecule has 0 aliphatic rings. The molecule has 0 aromatic carbocycles. The lowest BCUT2D eigenvalue weighted by Gasteiger charge is -2.15. The van der Waals surface area contributed by atoms with E-state index in [0.717, 1.165) is 17.1 Å².